The predicted molar refractivity (Wildman–Crippen MR) is 140 cm³/mol. The number of carbonyl (C=O) groups is 1. The molecule has 4 nitrogen and oxygen atoms in total. The first-order valence-electron chi connectivity index (χ1n) is 12.4. The molecule has 1 atom stereocenters. The van der Waals surface area contributed by atoms with Gasteiger partial charge in [-0.25, -0.2) is 0 Å². The van der Waals surface area contributed by atoms with Gasteiger partial charge >= 0.3 is 0 Å². The van der Waals surface area contributed by atoms with Gasteiger partial charge in [-0.05, 0) is 67.2 Å². The standard InChI is InChI=1S/C27H43N3O.ClH/c1-5-6-15-29-16-18-30(19-17-29)25-20-21(8-14-26(28)31)7-13-24(25)22-9-11-23(12-10-22)27(2,3)4;/h7,9,13,20,23H,5-6,8,10-12,14-19H2,1-4H3,(H2,28,31);1H. The maximum Gasteiger partial charge on any atom is 0.217 e. The topological polar surface area (TPSA) is 49.6 Å². The van der Waals surface area contributed by atoms with E-state index in [9.17, 15) is 4.79 Å². The second kappa shape index (κ2) is 12.1. The van der Waals surface area contributed by atoms with Crippen LogP contribution in [-0.2, 0) is 11.2 Å². The zero-order chi connectivity index (χ0) is 22.4. The smallest absolute Gasteiger partial charge is 0.217 e. The van der Waals surface area contributed by atoms with Crippen LogP contribution in [0.25, 0.3) is 5.57 Å². The summed E-state index contributed by atoms with van der Waals surface area (Å²) in [6, 6.07) is 6.84. The molecule has 1 aliphatic carbocycles. The van der Waals surface area contributed by atoms with Crippen LogP contribution in [0.2, 0.25) is 0 Å². The Bertz CT molecular complexity index is 776. The molecule has 180 valence electrons. The summed E-state index contributed by atoms with van der Waals surface area (Å²) in [7, 11) is 0. The highest BCUT2D eigenvalue weighted by molar-refractivity contribution is 5.85. The summed E-state index contributed by atoms with van der Waals surface area (Å²) in [5.41, 5.74) is 11.3. The van der Waals surface area contributed by atoms with E-state index in [-0.39, 0.29) is 18.3 Å². The van der Waals surface area contributed by atoms with Gasteiger partial charge in [0.1, 0.15) is 0 Å². The fraction of sp³-hybridized carbons (Fsp3) is 0.667. The number of anilines is 1. The number of carbonyl (C=O) groups excluding carboxylic acids is 1. The molecule has 1 fully saturated rings. The van der Waals surface area contributed by atoms with Crippen molar-refractivity contribution in [1.82, 2.24) is 4.90 Å². The molecule has 0 saturated carbocycles. The molecule has 0 bridgehead atoms. The number of hydrogen-bond donors (Lipinski definition) is 1. The highest BCUT2D eigenvalue weighted by Gasteiger charge is 2.28. The van der Waals surface area contributed by atoms with Crippen molar-refractivity contribution in [3.8, 4) is 0 Å². The quantitative estimate of drug-likeness (QED) is 0.541. The lowest BCUT2D eigenvalue weighted by Crippen LogP contribution is -2.46. The van der Waals surface area contributed by atoms with Gasteiger partial charge in [-0.1, -0.05) is 52.3 Å². The summed E-state index contributed by atoms with van der Waals surface area (Å²) in [5.74, 6) is 0.537. The van der Waals surface area contributed by atoms with Crippen molar-refractivity contribution in [3.63, 3.8) is 0 Å². The molecule has 1 unspecified atom stereocenters. The molecular weight excluding hydrogens is 418 g/mol. The van der Waals surface area contributed by atoms with E-state index in [4.69, 9.17) is 5.73 Å². The van der Waals surface area contributed by atoms with Crippen molar-refractivity contribution in [2.75, 3.05) is 37.6 Å². The minimum atomic E-state index is -0.224. The van der Waals surface area contributed by atoms with Crippen molar-refractivity contribution in [2.24, 2.45) is 17.1 Å². The van der Waals surface area contributed by atoms with Gasteiger partial charge < -0.3 is 10.6 Å². The minimum absolute atomic E-state index is 0. The fourth-order valence-corrected chi connectivity index (χ4v) is 4.99. The van der Waals surface area contributed by atoms with Gasteiger partial charge in [-0.3, -0.25) is 9.69 Å². The Morgan fingerprint density at radius 1 is 1.16 bits per heavy atom. The van der Waals surface area contributed by atoms with Gasteiger partial charge in [-0.15, -0.1) is 12.4 Å². The second-order valence-electron chi connectivity index (χ2n) is 10.6. The van der Waals surface area contributed by atoms with Gasteiger partial charge in [0.25, 0.3) is 0 Å². The van der Waals surface area contributed by atoms with Gasteiger partial charge in [-0.2, -0.15) is 0 Å². The molecule has 5 heteroatoms. The van der Waals surface area contributed by atoms with Crippen molar-refractivity contribution >= 4 is 29.6 Å². The number of amides is 1. The van der Waals surface area contributed by atoms with Crippen LogP contribution in [0.3, 0.4) is 0 Å². The van der Waals surface area contributed by atoms with Crippen molar-refractivity contribution in [1.29, 1.82) is 0 Å². The predicted octanol–water partition coefficient (Wildman–Crippen LogP) is 5.68. The monoisotopic (exact) mass is 461 g/mol. The van der Waals surface area contributed by atoms with Gasteiger partial charge in [0.15, 0.2) is 0 Å². The molecule has 0 aromatic heterocycles. The number of aryl methyl sites for hydroxylation is 1. The summed E-state index contributed by atoms with van der Waals surface area (Å²) in [6.45, 7) is 15.0. The number of nitrogens with zero attached hydrogens (tertiary/aromatic N) is 2. The molecule has 1 aromatic rings. The van der Waals surface area contributed by atoms with Crippen LogP contribution in [0.15, 0.2) is 24.3 Å². The Morgan fingerprint density at radius 2 is 1.88 bits per heavy atom. The van der Waals surface area contributed by atoms with Gasteiger partial charge in [0.2, 0.25) is 5.91 Å². The third-order valence-electron chi connectivity index (χ3n) is 7.24. The minimum Gasteiger partial charge on any atom is -0.370 e. The number of benzene rings is 1. The molecule has 1 heterocycles. The van der Waals surface area contributed by atoms with E-state index in [2.05, 4.69) is 61.8 Å². The van der Waals surface area contributed by atoms with E-state index >= 15 is 0 Å². The summed E-state index contributed by atoms with van der Waals surface area (Å²) < 4.78 is 0. The maximum absolute atomic E-state index is 11.3. The van der Waals surface area contributed by atoms with Gasteiger partial charge in [0.05, 0.1) is 0 Å². The molecule has 0 spiro atoms. The average Bonchev–Trinajstić information content (AvgIpc) is 2.76. The fourth-order valence-electron chi connectivity index (χ4n) is 4.99. The van der Waals surface area contributed by atoms with Crippen LogP contribution in [-0.4, -0.2) is 43.5 Å². The Balaban J connectivity index is 0.00000363. The van der Waals surface area contributed by atoms with E-state index in [0.717, 1.165) is 44.9 Å². The second-order valence-corrected chi connectivity index (χ2v) is 10.6. The van der Waals surface area contributed by atoms with Crippen molar-refractivity contribution < 1.29 is 4.79 Å². The van der Waals surface area contributed by atoms with Crippen LogP contribution in [0.5, 0.6) is 0 Å². The zero-order valence-corrected chi connectivity index (χ0v) is 21.5. The normalized spacial score (nSPS) is 19.9. The van der Waals surface area contributed by atoms with Crippen LogP contribution in [0, 0.1) is 11.3 Å². The molecule has 32 heavy (non-hydrogen) atoms. The zero-order valence-electron chi connectivity index (χ0n) is 20.7. The van der Waals surface area contributed by atoms with E-state index in [0.29, 0.717) is 11.8 Å². The molecular formula is C27H44ClN3O. The lowest BCUT2D eigenvalue weighted by Gasteiger charge is -2.38. The Kier molecular flexibility index (Phi) is 10.1. The van der Waals surface area contributed by atoms with Crippen LogP contribution in [0.4, 0.5) is 5.69 Å². The molecule has 0 radical (unpaired) electrons. The van der Waals surface area contributed by atoms with E-state index in [1.165, 1.54) is 54.6 Å². The number of allylic oxidation sites excluding steroid dienone is 2. The van der Waals surface area contributed by atoms with E-state index in [1.54, 1.807) is 0 Å². The van der Waals surface area contributed by atoms with Crippen LogP contribution < -0.4 is 10.6 Å². The van der Waals surface area contributed by atoms with Crippen LogP contribution in [0.1, 0.15) is 77.3 Å². The molecule has 2 aliphatic rings. The summed E-state index contributed by atoms with van der Waals surface area (Å²) in [4.78, 5) is 16.5. The number of nitrogens with two attached hydrogens (primary N) is 1. The Labute approximate surface area is 202 Å². The molecule has 1 aliphatic heterocycles. The average molecular weight is 462 g/mol. The third-order valence-corrected chi connectivity index (χ3v) is 7.24. The molecule has 1 saturated heterocycles. The molecule has 1 aromatic carbocycles. The molecule has 3 rings (SSSR count). The number of halogens is 1. The first-order chi connectivity index (χ1) is 14.8. The summed E-state index contributed by atoms with van der Waals surface area (Å²) in [6.07, 6.45) is 9.79. The Hall–Kier alpha value is -1.52. The highest BCUT2D eigenvalue weighted by atomic mass is 35.5. The SMILES string of the molecule is CCCCN1CCN(c2cc(CCC(N)=O)ccc2C2=CCC(C(C)(C)C)CC2)CC1.Cl. The largest absolute Gasteiger partial charge is 0.370 e. The van der Waals surface area contributed by atoms with Crippen molar-refractivity contribution in [2.45, 2.75) is 72.6 Å². The van der Waals surface area contributed by atoms with Crippen molar-refractivity contribution in [3.05, 3.63) is 35.4 Å². The number of primary amides is 1. The lowest BCUT2D eigenvalue weighted by molar-refractivity contribution is -0.117. The van der Waals surface area contributed by atoms with Gasteiger partial charge in [0, 0.05) is 43.9 Å². The Morgan fingerprint density at radius 3 is 2.44 bits per heavy atom. The van der Waals surface area contributed by atoms with E-state index < -0.39 is 0 Å². The first-order valence-corrected chi connectivity index (χ1v) is 12.4. The summed E-state index contributed by atoms with van der Waals surface area (Å²) in [5, 5.41) is 0. The number of hydrogen-bond acceptors (Lipinski definition) is 3. The molecule has 1 amide bonds. The first kappa shape index (κ1) is 26.7. The third kappa shape index (κ3) is 7.25. The number of rotatable bonds is 8. The highest BCUT2D eigenvalue weighted by Crippen LogP contribution is 2.42. The lowest BCUT2D eigenvalue weighted by atomic mass is 9.72. The summed E-state index contributed by atoms with van der Waals surface area (Å²) >= 11 is 0. The van der Waals surface area contributed by atoms with Crippen LogP contribution >= 0.6 is 12.4 Å². The molecule has 2 N–H and O–H groups in total. The van der Waals surface area contributed by atoms with E-state index in [1.807, 2.05) is 0 Å². The number of piperazine rings is 1. The number of unbranched alkanes of at least 4 members (excludes halogenated alkanes) is 1. The maximum atomic E-state index is 11.3.